The van der Waals surface area contributed by atoms with Crippen molar-refractivity contribution in [2.45, 2.75) is 12.3 Å². The van der Waals surface area contributed by atoms with Crippen LogP contribution in [0.2, 0.25) is 0 Å². The first-order valence-electron chi connectivity index (χ1n) is 4.36. The molecular formula is C9H7F4NO3. The van der Waals surface area contributed by atoms with E-state index in [2.05, 4.69) is 4.74 Å². The van der Waals surface area contributed by atoms with Crippen LogP contribution < -0.4 is 4.74 Å². The molecule has 0 N–H and O–H groups in total. The Morgan fingerprint density at radius 3 is 2.59 bits per heavy atom. The van der Waals surface area contributed by atoms with Gasteiger partial charge in [-0.3, -0.25) is 10.1 Å². The molecule has 0 unspecified atom stereocenters. The second-order valence-electron chi connectivity index (χ2n) is 3.10. The molecule has 0 saturated heterocycles. The molecule has 0 atom stereocenters. The highest BCUT2D eigenvalue weighted by Gasteiger charge is 2.41. The van der Waals surface area contributed by atoms with E-state index in [0.717, 1.165) is 18.2 Å². The molecule has 0 bridgehead atoms. The first-order chi connectivity index (χ1) is 7.83. The smallest absolute Gasteiger partial charge is 0.340 e. The van der Waals surface area contributed by atoms with Crippen molar-refractivity contribution in [3.63, 3.8) is 0 Å². The molecule has 0 saturated carbocycles. The Bertz CT molecular complexity index is 411. The van der Waals surface area contributed by atoms with Crippen molar-refractivity contribution in [2.75, 3.05) is 6.61 Å². The molecule has 1 rings (SSSR count). The Kier molecular flexibility index (Phi) is 3.87. The van der Waals surface area contributed by atoms with E-state index >= 15 is 0 Å². The standard InChI is InChI=1S/C9H7F4NO3/c10-8(11)9(12,13)5-17-7-3-1-2-6(4-7)14(15)16/h1-4,8H,5H2. The summed E-state index contributed by atoms with van der Waals surface area (Å²) in [5.74, 6) is -4.55. The van der Waals surface area contributed by atoms with Crippen LogP contribution in [-0.4, -0.2) is 23.9 Å². The largest absolute Gasteiger partial charge is 0.487 e. The fourth-order valence-corrected chi connectivity index (χ4v) is 0.929. The summed E-state index contributed by atoms with van der Waals surface area (Å²) < 4.78 is 52.9. The Balaban J connectivity index is 2.70. The third-order valence-corrected chi connectivity index (χ3v) is 1.78. The zero-order valence-corrected chi connectivity index (χ0v) is 8.28. The fourth-order valence-electron chi connectivity index (χ4n) is 0.929. The molecule has 0 aliphatic heterocycles. The maximum absolute atomic E-state index is 12.5. The minimum Gasteiger partial charge on any atom is -0.487 e. The monoisotopic (exact) mass is 253 g/mol. The Morgan fingerprint density at radius 1 is 1.41 bits per heavy atom. The van der Waals surface area contributed by atoms with Gasteiger partial charge in [-0.1, -0.05) is 6.07 Å². The van der Waals surface area contributed by atoms with Crippen molar-refractivity contribution in [2.24, 2.45) is 0 Å². The minimum absolute atomic E-state index is 0.264. The predicted octanol–water partition coefficient (Wildman–Crippen LogP) is 2.87. The molecule has 4 nitrogen and oxygen atoms in total. The van der Waals surface area contributed by atoms with Gasteiger partial charge < -0.3 is 4.74 Å². The summed E-state index contributed by atoms with van der Waals surface area (Å²) in [6.07, 6.45) is -3.85. The van der Waals surface area contributed by atoms with E-state index in [9.17, 15) is 27.7 Å². The number of hydrogen-bond acceptors (Lipinski definition) is 3. The number of benzene rings is 1. The number of nitrogens with zero attached hydrogens (tertiary/aromatic N) is 1. The number of non-ortho nitro benzene ring substituents is 1. The molecule has 0 aromatic heterocycles. The van der Waals surface area contributed by atoms with Crippen LogP contribution in [0.5, 0.6) is 5.75 Å². The molecule has 0 fully saturated rings. The van der Waals surface area contributed by atoms with Gasteiger partial charge >= 0.3 is 12.3 Å². The van der Waals surface area contributed by atoms with Gasteiger partial charge in [0.1, 0.15) is 5.75 Å². The number of rotatable bonds is 5. The number of halogens is 4. The summed E-state index contributed by atoms with van der Waals surface area (Å²) in [6, 6.07) is 4.36. The van der Waals surface area contributed by atoms with E-state index in [1.165, 1.54) is 6.07 Å². The highest BCUT2D eigenvalue weighted by molar-refractivity contribution is 5.37. The van der Waals surface area contributed by atoms with E-state index in [1.54, 1.807) is 0 Å². The molecule has 17 heavy (non-hydrogen) atoms. The Morgan fingerprint density at radius 2 is 2.06 bits per heavy atom. The van der Waals surface area contributed by atoms with Gasteiger partial charge in [0.15, 0.2) is 6.61 Å². The van der Waals surface area contributed by atoms with Crippen molar-refractivity contribution in [3.05, 3.63) is 34.4 Å². The Labute approximate surface area is 93.0 Å². The molecule has 0 heterocycles. The van der Waals surface area contributed by atoms with Crippen molar-refractivity contribution in [1.82, 2.24) is 0 Å². The van der Waals surface area contributed by atoms with Crippen LogP contribution in [0.25, 0.3) is 0 Å². The second-order valence-corrected chi connectivity index (χ2v) is 3.10. The van der Waals surface area contributed by atoms with E-state index in [4.69, 9.17) is 0 Å². The van der Waals surface area contributed by atoms with Crippen LogP contribution in [-0.2, 0) is 0 Å². The summed E-state index contributed by atoms with van der Waals surface area (Å²) in [4.78, 5) is 9.59. The third kappa shape index (κ3) is 3.58. The van der Waals surface area contributed by atoms with Gasteiger partial charge in [-0.25, -0.2) is 8.78 Å². The van der Waals surface area contributed by atoms with E-state index in [1.807, 2.05) is 0 Å². The minimum atomic E-state index is -4.29. The van der Waals surface area contributed by atoms with Crippen LogP contribution in [0.3, 0.4) is 0 Å². The summed E-state index contributed by atoms with van der Waals surface area (Å²) in [5, 5.41) is 10.3. The number of nitro groups is 1. The molecule has 0 aliphatic rings. The number of hydrogen-bond donors (Lipinski definition) is 0. The number of alkyl halides is 4. The van der Waals surface area contributed by atoms with Crippen LogP contribution in [0.1, 0.15) is 0 Å². The van der Waals surface area contributed by atoms with Gasteiger partial charge in [0.2, 0.25) is 0 Å². The topological polar surface area (TPSA) is 52.4 Å². The molecule has 1 aromatic carbocycles. The summed E-state index contributed by atoms with van der Waals surface area (Å²) in [7, 11) is 0. The summed E-state index contributed by atoms with van der Waals surface area (Å²) in [6.45, 7) is -1.54. The average molecular weight is 253 g/mol. The van der Waals surface area contributed by atoms with Crippen LogP contribution in [0.4, 0.5) is 23.2 Å². The normalized spacial score (nSPS) is 11.6. The molecule has 1 aromatic rings. The first kappa shape index (κ1) is 13.2. The van der Waals surface area contributed by atoms with Gasteiger partial charge in [-0.05, 0) is 6.07 Å². The Hall–Kier alpha value is -1.86. The van der Waals surface area contributed by atoms with E-state index in [0.29, 0.717) is 0 Å². The zero-order valence-electron chi connectivity index (χ0n) is 8.28. The molecular weight excluding hydrogens is 246 g/mol. The van der Waals surface area contributed by atoms with Gasteiger partial charge in [0.25, 0.3) is 5.69 Å². The lowest BCUT2D eigenvalue weighted by atomic mass is 10.3. The lowest BCUT2D eigenvalue weighted by molar-refractivity contribution is -0.385. The van der Waals surface area contributed by atoms with Gasteiger partial charge in [-0.2, -0.15) is 8.78 Å². The fraction of sp³-hybridized carbons (Fsp3) is 0.333. The predicted molar refractivity (Wildman–Crippen MR) is 49.5 cm³/mol. The SMILES string of the molecule is O=[N+]([O-])c1cccc(OCC(F)(F)C(F)F)c1. The van der Waals surface area contributed by atoms with E-state index in [-0.39, 0.29) is 11.4 Å². The zero-order chi connectivity index (χ0) is 13.1. The van der Waals surface area contributed by atoms with Crippen molar-refractivity contribution >= 4 is 5.69 Å². The second kappa shape index (κ2) is 4.98. The van der Waals surface area contributed by atoms with Gasteiger partial charge in [-0.15, -0.1) is 0 Å². The van der Waals surface area contributed by atoms with Crippen LogP contribution >= 0.6 is 0 Å². The highest BCUT2D eigenvalue weighted by Crippen LogP contribution is 2.25. The van der Waals surface area contributed by atoms with Gasteiger partial charge in [0, 0.05) is 6.07 Å². The van der Waals surface area contributed by atoms with Crippen molar-refractivity contribution < 1.29 is 27.2 Å². The summed E-state index contributed by atoms with van der Waals surface area (Å²) in [5.41, 5.74) is -0.372. The quantitative estimate of drug-likeness (QED) is 0.460. The maximum atomic E-state index is 12.5. The number of ether oxygens (including phenoxy) is 1. The molecule has 0 radical (unpaired) electrons. The van der Waals surface area contributed by atoms with Crippen LogP contribution in [0, 0.1) is 10.1 Å². The molecule has 94 valence electrons. The highest BCUT2D eigenvalue weighted by atomic mass is 19.3. The van der Waals surface area contributed by atoms with Gasteiger partial charge in [0.05, 0.1) is 11.0 Å². The third-order valence-electron chi connectivity index (χ3n) is 1.78. The summed E-state index contributed by atoms with van der Waals surface area (Å²) >= 11 is 0. The molecule has 0 aliphatic carbocycles. The lowest BCUT2D eigenvalue weighted by Gasteiger charge is -2.15. The van der Waals surface area contributed by atoms with E-state index < -0.39 is 23.9 Å². The lowest BCUT2D eigenvalue weighted by Crippen LogP contribution is -2.33. The van der Waals surface area contributed by atoms with Crippen molar-refractivity contribution in [1.29, 1.82) is 0 Å². The van der Waals surface area contributed by atoms with Crippen molar-refractivity contribution in [3.8, 4) is 5.75 Å². The molecule has 0 amide bonds. The van der Waals surface area contributed by atoms with Crippen LogP contribution in [0.15, 0.2) is 24.3 Å². The molecule has 8 heteroatoms. The first-order valence-corrected chi connectivity index (χ1v) is 4.36. The molecule has 0 spiro atoms. The average Bonchev–Trinajstić information content (AvgIpc) is 2.26. The number of nitro benzene ring substituents is 1. The maximum Gasteiger partial charge on any atom is 0.340 e.